The van der Waals surface area contributed by atoms with E-state index in [0.717, 1.165) is 18.5 Å². The van der Waals surface area contributed by atoms with Crippen molar-refractivity contribution in [1.82, 2.24) is 5.43 Å². The van der Waals surface area contributed by atoms with E-state index in [1.54, 1.807) is 0 Å². The van der Waals surface area contributed by atoms with Crippen LogP contribution in [-0.4, -0.2) is 5.71 Å². The summed E-state index contributed by atoms with van der Waals surface area (Å²) in [4.78, 5) is 0. The van der Waals surface area contributed by atoms with E-state index in [1.165, 1.54) is 24.1 Å². The molecule has 0 saturated heterocycles. The fourth-order valence-corrected chi connectivity index (χ4v) is 1.43. The van der Waals surface area contributed by atoms with E-state index in [-0.39, 0.29) is 0 Å². The van der Waals surface area contributed by atoms with Crippen LogP contribution in [0.15, 0.2) is 16.4 Å². The fourth-order valence-electron chi connectivity index (χ4n) is 1.43. The molecule has 0 aromatic carbocycles. The zero-order valence-electron chi connectivity index (χ0n) is 8.22. The largest absolute Gasteiger partial charge is 0.155 e. The smallest absolute Gasteiger partial charge is 0.0678 e. The molecular weight excluding hydrogens is 148 g/mol. The zero-order chi connectivity index (χ0) is 8.97. The van der Waals surface area contributed by atoms with Crippen molar-refractivity contribution in [1.29, 1.82) is 0 Å². The summed E-state index contributed by atoms with van der Waals surface area (Å²) < 4.78 is 0. The normalized spacial score (nSPS) is 16.4. The van der Waals surface area contributed by atoms with E-state index in [1.807, 2.05) is 0 Å². The van der Waals surface area contributed by atoms with Crippen LogP contribution in [0, 0.1) is 0 Å². The summed E-state index contributed by atoms with van der Waals surface area (Å²) >= 11 is 0. The van der Waals surface area contributed by atoms with Gasteiger partial charge in [0.15, 0.2) is 0 Å². The van der Waals surface area contributed by atoms with E-state index in [4.69, 9.17) is 0 Å². The molecular formula is C10H17N2. The third-order valence-corrected chi connectivity index (χ3v) is 2.22. The van der Waals surface area contributed by atoms with Crippen LogP contribution in [0.1, 0.15) is 46.5 Å². The molecule has 0 bridgehead atoms. The first-order valence-corrected chi connectivity index (χ1v) is 4.77. The van der Waals surface area contributed by atoms with Crippen molar-refractivity contribution >= 4 is 5.71 Å². The Kier molecular flexibility index (Phi) is 3.32. The summed E-state index contributed by atoms with van der Waals surface area (Å²) in [6.07, 6.45) is 4.66. The first kappa shape index (κ1) is 9.30. The maximum absolute atomic E-state index is 4.14. The van der Waals surface area contributed by atoms with Crippen LogP contribution < -0.4 is 5.43 Å². The molecule has 0 atom stereocenters. The number of hydrogen-bond acceptors (Lipinski definition) is 1. The molecule has 67 valence electrons. The number of unbranched alkanes of at least 4 members (excludes halogenated alkanes) is 1. The number of nitrogens with zero attached hydrogens (tertiary/aromatic N) is 2. The first-order valence-electron chi connectivity index (χ1n) is 4.77. The molecule has 0 amide bonds. The second-order valence-electron chi connectivity index (χ2n) is 3.17. The Balaban J connectivity index is 2.58. The highest BCUT2D eigenvalue weighted by atomic mass is 15.3. The lowest BCUT2D eigenvalue weighted by atomic mass is 10.0. The molecule has 1 aliphatic heterocycles. The van der Waals surface area contributed by atoms with Gasteiger partial charge in [-0.15, -0.1) is 0 Å². The Morgan fingerprint density at radius 2 is 2.00 bits per heavy atom. The monoisotopic (exact) mass is 165 g/mol. The molecule has 12 heavy (non-hydrogen) atoms. The van der Waals surface area contributed by atoms with Gasteiger partial charge in [-0.3, -0.25) is 0 Å². The first-order chi connectivity index (χ1) is 5.79. The van der Waals surface area contributed by atoms with Gasteiger partial charge in [0.05, 0.1) is 11.4 Å². The molecule has 0 saturated carbocycles. The third-order valence-electron chi connectivity index (χ3n) is 2.22. The molecule has 2 nitrogen and oxygen atoms in total. The van der Waals surface area contributed by atoms with E-state index in [9.17, 15) is 0 Å². The number of allylic oxidation sites excluding steroid dienone is 2. The summed E-state index contributed by atoms with van der Waals surface area (Å²) in [6.45, 7) is 6.40. The highest BCUT2D eigenvalue weighted by Gasteiger charge is 2.15. The van der Waals surface area contributed by atoms with Gasteiger partial charge in [0, 0.05) is 0 Å². The molecule has 0 N–H and O–H groups in total. The van der Waals surface area contributed by atoms with E-state index in [0.29, 0.717) is 0 Å². The van der Waals surface area contributed by atoms with E-state index < -0.39 is 0 Å². The highest BCUT2D eigenvalue weighted by Crippen LogP contribution is 2.20. The van der Waals surface area contributed by atoms with Crippen molar-refractivity contribution in [3.63, 3.8) is 0 Å². The average molecular weight is 165 g/mol. The second-order valence-corrected chi connectivity index (χ2v) is 3.17. The van der Waals surface area contributed by atoms with Crippen LogP contribution in [0.2, 0.25) is 0 Å². The van der Waals surface area contributed by atoms with Gasteiger partial charge < -0.3 is 0 Å². The Bertz CT molecular complexity index is 214. The molecule has 0 fully saturated rings. The minimum Gasteiger partial charge on any atom is -0.155 e. The zero-order valence-corrected chi connectivity index (χ0v) is 8.22. The molecule has 1 heterocycles. The van der Waals surface area contributed by atoms with Crippen LogP contribution in [0.25, 0.3) is 0 Å². The lowest BCUT2D eigenvalue weighted by Crippen LogP contribution is -1.98. The fraction of sp³-hybridized carbons (Fsp3) is 0.700. The third kappa shape index (κ3) is 1.87. The Morgan fingerprint density at radius 1 is 1.25 bits per heavy atom. The maximum Gasteiger partial charge on any atom is 0.0678 e. The molecule has 0 unspecified atom stereocenters. The lowest BCUT2D eigenvalue weighted by molar-refractivity contribution is 0.791. The molecule has 1 aliphatic rings. The van der Waals surface area contributed by atoms with Crippen LogP contribution in [0.3, 0.4) is 0 Å². The van der Waals surface area contributed by atoms with Gasteiger partial charge in [0.25, 0.3) is 0 Å². The predicted molar refractivity (Wildman–Crippen MR) is 52.1 cm³/mol. The summed E-state index contributed by atoms with van der Waals surface area (Å²) in [7, 11) is 0. The van der Waals surface area contributed by atoms with Crippen molar-refractivity contribution < 1.29 is 0 Å². The van der Waals surface area contributed by atoms with Crippen molar-refractivity contribution in [3.8, 4) is 0 Å². The standard InChI is InChI=1S/C10H17N2/c1-4-6-7-9-8(3)11-12-10(9)5-2/h4-7H2,1-3H3. The Hall–Kier alpha value is -0.790. The molecule has 0 aromatic heterocycles. The second kappa shape index (κ2) is 4.29. The van der Waals surface area contributed by atoms with Crippen LogP contribution in [0.5, 0.6) is 0 Å². The topological polar surface area (TPSA) is 26.5 Å². The summed E-state index contributed by atoms with van der Waals surface area (Å²) in [6, 6.07) is 0. The number of rotatable bonds is 4. The van der Waals surface area contributed by atoms with Gasteiger partial charge in [-0.1, -0.05) is 20.3 Å². The number of hydrogen-bond donors (Lipinski definition) is 0. The van der Waals surface area contributed by atoms with Gasteiger partial charge in [0.2, 0.25) is 0 Å². The summed E-state index contributed by atoms with van der Waals surface area (Å²) in [5.41, 5.74) is 7.80. The predicted octanol–water partition coefficient (Wildman–Crippen LogP) is 2.83. The van der Waals surface area contributed by atoms with Gasteiger partial charge in [0.1, 0.15) is 0 Å². The van der Waals surface area contributed by atoms with Crippen molar-refractivity contribution in [3.05, 3.63) is 11.3 Å². The van der Waals surface area contributed by atoms with Crippen LogP contribution >= 0.6 is 0 Å². The van der Waals surface area contributed by atoms with E-state index >= 15 is 0 Å². The van der Waals surface area contributed by atoms with Crippen molar-refractivity contribution in [2.75, 3.05) is 0 Å². The van der Waals surface area contributed by atoms with Crippen molar-refractivity contribution in [2.45, 2.75) is 46.5 Å². The minimum atomic E-state index is 1.01. The van der Waals surface area contributed by atoms with Crippen LogP contribution in [-0.2, 0) is 0 Å². The van der Waals surface area contributed by atoms with Gasteiger partial charge in [-0.05, 0) is 31.8 Å². The molecule has 0 spiro atoms. The Morgan fingerprint density at radius 3 is 2.58 bits per heavy atom. The summed E-state index contributed by atoms with van der Waals surface area (Å²) in [5.74, 6) is 0. The van der Waals surface area contributed by atoms with E-state index in [2.05, 4.69) is 31.3 Å². The average Bonchev–Trinajstić information content (AvgIpc) is 2.43. The molecule has 2 heteroatoms. The molecule has 0 aromatic rings. The van der Waals surface area contributed by atoms with Gasteiger partial charge in [-0.25, -0.2) is 0 Å². The molecule has 0 aliphatic carbocycles. The molecule has 1 radical (unpaired) electrons. The quantitative estimate of drug-likeness (QED) is 0.612. The van der Waals surface area contributed by atoms with Crippen LogP contribution in [0.4, 0.5) is 0 Å². The highest BCUT2D eigenvalue weighted by molar-refractivity contribution is 6.01. The molecule has 1 rings (SSSR count). The van der Waals surface area contributed by atoms with Crippen molar-refractivity contribution in [2.24, 2.45) is 5.10 Å². The maximum atomic E-state index is 4.14. The SMILES string of the molecule is CCCCC1=C(C)[N]N=C1CC. The Labute approximate surface area is 74.7 Å². The minimum absolute atomic E-state index is 1.01. The van der Waals surface area contributed by atoms with Gasteiger partial charge >= 0.3 is 0 Å². The summed E-state index contributed by atoms with van der Waals surface area (Å²) in [5, 5.41) is 4.14. The van der Waals surface area contributed by atoms with Gasteiger partial charge in [-0.2, -0.15) is 10.5 Å². The lowest BCUT2D eigenvalue weighted by Gasteiger charge is -2.02.